The first kappa shape index (κ1) is 27.4. The number of hydrogen-bond acceptors (Lipinski definition) is 6. The van der Waals surface area contributed by atoms with E-state index < -0.39 is 11.9 Å². The number of fused-ring (bicyclic) bond motifs is 2. The van der Waals surface area contributed by atoms with Crippen LogP contribution in [0, 0.1) is 0 Å². The molecule has 0 saturated heterocycles. The molecule has 9 heteroatoms. The minimum atomic E-state index is -1.26. The molecule has 4 rings (SSSR count). The number of carboxylic acid groups (broad SMARTS) is 2. The van der Waals surface area contributed by atoms with Crippen LogP contribution in [0.3, 0.4) is 0 Å². The van der Waals surface area contributed by atoms with Gasteiger partial charge in [0.15, 0.2) is 0 Å². The number of benzene rings is 2. The maximum Gasteiger partial charge on any atom is 0.328 e. The summed E-state index contributed by atoms with van der Waals surface area (Å²) in [5.41, 5.74) is 3.66. The second-order valence-electron chi connectivity index (χ2n) is 8.43. The molecule has 0 spiro atoms. The lowest BCUT2D eigenvalue weighted by Crippen LogP contribution is -2.40. The minimum Gasteiger partial charge on any atom is -0.478 e. The first-order valence-corrected chi connectivity index (χ1v) is 13.0. The smallest absolute Gasteiger partial charge is 0.328 e. The Kier molecular flexibility index (Phi) is 10.1. The van der Waals surface area contributed by atoms with Gasteiger partial charge in [-0.2, -0.15) is 0 Å². The zero-order valence-electron chi connectivity index (χ0n) is 20.4. The van der Waals surface area contributed by atoms with Crippen molar-refractivity contribution in [2.45, 2.75) is 36.1 Å². The summed E-state index contributed by atoms with van der Waals surface area (Å²) in [7, 11) is 0. The van der Waals surface area contributed by atoms with Crippen molar-refractivity contribution >= 4 is 52.3 Å². The van der Waals surface area contributed by atoms with Gasteiger partial charge in [-0.05, 0) is 37.6 Å². The normalized spacial score (nSPS) is 15.0. The van der Waals surface area contributed by atoms with Crippen LogP contribution in [0.25, 0.3) is 0 Å². The molecule has 2 aliphatic rings. The Balaban J connectivity index is 0.000000392. The Hall–Kier alpha value is -3.14. The monoisotopic (exact) mass is 525 g/mol. The zero-order valence-corrected chi connectivity index (χ0v) is 22.0. The van der Waals surface area contributed by atoms with Gasteiger partial charge in [0.25, 0.3) is 0 Å². The van der Waals surface area contributed by atoms with Gasteiger partial charge < -0.3 is 20.4 Å². The van der Waals surface area contributed by atoms with Crippen LogP contribution in [-0.2, 0) is 9.59 Å². The number of aliphatic carboxylic acids is 2. The highest BCUT2D eigenvalue weighted by atomic mass is 32.2. The standard InChI is InChI=1S/C23H27N3S2.C4H4O4/c1-3-12-24-23(27)18-10-11-22-20(15-18)26(17(2)16-25-13-6-7-14-25)19-8-4-5-9-21(19)28-22;5-3(6)1-2-4(7)8/h4-11,15,17H,3,12-14,16H2,1-2H3,(H,24,27);1-2H,(H,5,6)(H,7,8)/b;2-1+. The van der Waals surface area contributed by atoms with Crippen molar-refractivity contribution in [1.29, 1.82) is 0 Å². The zero-order chi connectivity index (χ0) is 26.1. The number of thiocarbonyl (C=S) groups is 1. The van der Waals surface area contributed by atoms with Crippen LogP contribution in [0.2, 0.25) is 0 Å². The summed E-state index contributed by atoms with van der Waals surface area (Å²) in [6.07, 6.45) is 6.71. The Labute approximate surface area is 221 Å². The summed E-state index contributed by atoms with van der Waals surface area (Å²) in [4.78, 5) is 27.6. The molecule has 0 radical (unpaired) electrons. The molecule has 7 nitrogen and oxygen atoms in total. The third kappa shape index (κ3) is 7.43. The van der Waals surface area contributed by atoms with Crippen LogP contribution in [-0.4, -0.2) is 64.3 Å². The topological polar surface area (TPSA) is 93.1 Å². The fourth-order valence-electron chi connectivity index (χ4n) is 4.01. The molecule has 1 unspecified atom stereocenters. The SMILES string of the molecule is CCCNC(=S)c1ccc2c(c1)N(C(C)CN1CC=CC1)c1ccccc1S2.O=C(O)/C=C/C(=O)O. The number of para-hydroxylation sites is 1. The van der Waals surface area contributed by atoms with Gasteiger partial charge in [-0.3, -0.25) is 4.90 Å². The van der Waals surface area contributed by atoms with E-state index in [0.717, 1.165) is 43.2 Å². The molecule has 1 atom stereocenters. The Morgan fingerprint density at radius 3 is 2.33 bits per heavy atom. The van der Waals surface area contributed by atoms with Crippen LogP contribution >= 0.6 is 24.0 Å². The van der Waals surface area contributed by atoms with Crippen molar-refractivity contribution < 1.29 is 19.8 Å². The molecule has 0 bridgehead atoms. The maximum atomic E-state index is 9.55. The second kappa shape index (κ2) is 13.2. The van der Waals surface area contributed by atoms with Crippen molar-refractivity contribution in [1.82, 2.24) is 10.2 Å². The van der Waals surface area contributed by atoms with Crippen LogP contribution in [0.4, 0.5) is 11.4 Å². The predicted molar refractivity (Wildman–Crippen MR) is 149 cm³/mol. The largest absolute Gasteiger partial charge is 0.478 e. The molecule has 36 heavy (non-hydrogen) atoms. The van der Waals surface area contributed by atoms with Crippen molar-refractivity contribution in [3.63, 3.8) is 0 Å². The number of rotatable bonds is 8. The van der Waals surface area contributed by atoms with E-state index in [9.17, 15) is 9.59 Å². The molecule has 2 aromatic rings. The highest BCUT2D eigenvalue weighted by Crippen LogP contribution is 2.49. The Morgan fingerprint density at radius 2 is 1.69 bits per heavy atom. The minimum absolute atomic E-state index is 0.369. The molecule has 2 aromatic carbocycles. The number of hydrogen-bond donors (Lipinski definition) is 3. The molecule has 190 valence electrons. The lowest BCUT2D eigenvalue weighted by molar-refractivity contribution is -0.134. The van der Waals surface area contributed by atoms with Gasteiger partial charge in [-0.15, -0.1) is 0 Å². The molecular formula is C27H31N3O4S2. The third-order valence-corrected chi connectivity index (χ3v) is 7.10. The summed E-state index contributed by atoms with van der Waals surface area (Å²) < 4.78 is 0. The number of carboxylic acids is 2. The lowest BCUT2D eigenvalue weighted by Gasteiger charge is -2.39. The molecule has 2 aliphatic heterocycles. The molecule has 0 fully saturated rings. The fraction of sp³-hybridized carbons (Fsp3) is 0.296. The number of carbonyl (C=O) groups is 2. The van der Waals surface area contributed by atoms with E-state index in [1.54, 1.807) is 0 Å². The summed E-state index contributed by atoms with van der Waals surface area (Å²) in [5, 5.41) is 19.0. The van der Waals surface area contributed by atoms with E-state index in [0.29, 0.717) is 18.2 Å². The Bertz CT molecular complexity index is 1140. The van der Waals surface area contributed by atoms with Gasteiger partial charge in [0.1, 0.15) is 4.99 Å². The van der Waals surface area contributed by atoms with Gasteiger partial charge in [0.05, 0.1) is 11.4 Å². The molecule has 2 heterocycles. The average Bonchev–Trinajstić information content (AvgIpc) is 3.37. The van der Waals surface area contributed by atoms with E-state index in [1.165, 1.54) is 21.2 Å². The fourth-order valence-corrected chi connectivity index (χ4v) is 5.29. The summed E-state index contributed by atoms with van der Waals surface area (Å²) in [6.45, 7) is 8.53. The predicted octanol–water partition coefficient (Wildman–Crippen LogP) is 4.94. The summed E-state index contributed by atoms with van der Waals surface area (Å²) >= 11 is 7.49. The van der Waals surface area contributed by atoms with Crippen molar-refractivity contribution in [3.05, 3.63) is 72.3 Å². The maximum absolute atomic E-state index is 9.55. The van der Waals surface area contributed by atoms with Gasteiger partial charge >= 0.3 is 11.9 Å². The molecular weight excluding hydrogens is 494 g/mol. The van der Waals surface area contributed by atoms with Crippen LogP contribution in [0.15, 0.2) is 76.6 Å². The molecule has 0 amide bonds. The van der Waals surface area contributed by atoms with Crippen molar-refractivity contribution in [2.75, 3.05) is 31.1 Å². The highest BCUT2D eigenvalue weighted by molar-refractivity contribution is 7.99. The molecule has 0 aromatic heterocycles. The highest BCUT2D eigenvalue weighted by Gasteiger charge is 2.28. The van der Waals surface area contributed by atoms with Crippen molar-refractivity contribution in [3.8, 4) is 0 Å². The van der Waals surface area contributed by atoms with Gasteiger partial charge in [-0.1, -0.05) is 61.3 Å². The van der Waals surface area contributed by atoms with E-state index in [2.05, 4.69) is 83.6 Å². The van der Waals surface area contributed by atoms with E-state index >= 15 is 0 Å². The average molecular weight is 526 g/mol. The first-order chi connectivity index (χ1) is 17.3. The summed E-state index contributed by atoms with van der Waals surface area (Å²) in [5.74, 6) is -2.51. The van der Waals surface area contributed by atoms with E-state index in [-0.39, 0.29) is 0 Å². The summed E-state index contributed by atoms with van der Waals surface area (Å²) in [6, 6.07) is 15.7. The number of anilines is 2. The van der Waals surface area contributed by atoms with Crippen LogP contribution < -0.4 is 10.2 Å². The third-order valence-electron chi connectivity index (χ3n) is 5.59. The Morgan fingerprint density at radius 1 is 1.06 bits per heavy atom. The first-order valence-electron chi connectivity index (χ1n) is 11.8. The quantitative estimate of drug-likeness (QED) is 0.252. The van der Waals surface area contributed by atoms with Gasteiger partial charge in [-0.25, -0.2) is 9.59 Å². The van der Waals surface area contributed by atoms with Gasteiger partial charge in [0, 0.05) is 59.7 Å². The van der Waals surface area contributed by atoms with Gasteiger partial charge in [0.2, 0.25) is 0 Å². The van der Waals surface area contributed by atoms with E-state index in [1.807, 2.05) is 11.8 Å². The van der Waals surface area contributed by atoms with Crippen LogP contribution in [0.1, 0.15) is 25.8 Å². The second-order valence-corrected chi connectivity index (χ2v) is 9.92. The van der Waals surface area contributed by atoms with E-state index in [4.69, 9.17) is 22.4 Å². The molecule has 3 N–H and O–H groups in total. The van der Waals surface area contributed by atoms with Crippen LogP contribution in [0.5, 0.6) is 0 Å². The number of nitrogens with zero attached hydrogens (tertiary/aromatic N) is 2. The molecule has 0 aliphatic carbocycles. The lowest BCUT2D eigenvalue weighted by atomic mass is 10.1. The van der Waals surface area contributed by atoms with Crippen molar-refractivity contribution in [2.24, 2.45) is 0 Å². The number of nitrogens with one attached hydrogen (secondary N) is 1. The molecule has 0 saturated carbocycles.